The molecule has 0 atom stereocenters. The summed E-state index contributed by atoms with van der Waals surface area (Å²) in [6, 6.07) is 10.00. The quantitative estimate of drug-likeness (QED) is 0.686. The van der Waals surface area contributed by atoms with Gasteiger partial charge in [0.15, 0.2) is 0 Å². The smallest absolute Gasteiger partial charge is 0.302 e. The maximum absolute atomic E-state index is 11.0. The van der Waals surface area contributed by atoms with E-state index in [4.69, 9.17) is 16.3 Å². The van der Waals surface area contributed by atoms with E-state index >= 15 is 0 Å². The van der Waals surface area contributed by atoms with Crippen molar-refractivity contribution in [1.82, 2.24) is 5.43 Å². The van der Waals surface area contributed by atoms with Crippen LogP contribution in [0.15, 0.2) is 52.4 Å². The molecule has 2 aromatic rings. The van der Waals surface area contributed by atoms with E-state index in [1.807, 2.05) is 41.0 Å². The largest absolute Gasteiger partial charge is 0.465 e. The van der Waals surface area contributed by atoms with Crippen molar-refractivity contribution >= 4 is 52.1 Å². The molecule has 1 aromatic carbocycles. The average Bonchev–Trinajstić information content (AvgIpc) is 2.97. The Hall–Kier alpha value is -1.89. The molecular formula is C20H19ClN2O2S2. The van der Waals surface area contributed by atoms with Crippen LogP contribution in [0.4, 0.5) is 5.69 Å². The van der Waals surface area contributed by atoms with Gasteiger partial charge in [0.1, 0.15) is 0 Å². The van der Waals surface area contributed by atoms with Crippen LogP contribution in [0.25, 0.3) is 5.70 Å². The van der Waals surface area contributed by atoms with Crippen LogP contribution in [0.1, 0.15) is 23.8 Å². The lowest BCUT2D eigenvalue weighted by Crippen LogP contribution is -2.34. The van der Waals surface area contributed by atoms with Gasteiger partial charge in [0.05, 0.1) is 22.2 Å². The molecule has 0 radical (unpaired) electrons. The highest BCUT2D eigenvalue weighted by atomic mass is 35.5. The van der Waals surface area contributed by atoms with Crippen LogP contribution in [0.2, 0.25) is 5.02 Å². The van der Waals surface area contributed by atoms with E-state index < -0.39 is 0 Å². The molecule has 0 unspecified atom stereocenters. The third-order valence-electron chi connectivity index (χ3n) is 4.36. The predicted molar refractivity (Wildman–Crippen MR) is 113 cm³/mol. The summed E-state index contributed by atoms with van der Waals surface area (Å²) in [5.41, 5.74) is 8.30. The average molecular weight is 419 g/mol. The van der Waals surface area contributed by atoms with Crippen molar-refractivity contribution in [2.45, 2.75) is 24.0 Å². The fraction of sp³-hybridized carbons (Fsp3) is 0.250. The van der Waals surface area contributed by atoms with Gasteiger partial charge in [0, 0.05) is 40.8 Å². The first-order chi connectivity index (χ1) is 13.1. The van der Waals surface area contributed by atoms with Gasteiger partial charge < -0.3 is 4.74 Å². The summed E-state index contributed by atoms with van der Waals surface area (Å²) in [5, 5.41) is 2.74. The summed E-state index contributed by atoms with van der Waals surface area (Å²) in [6.45, 7) is 1.87. The molecule has 2 aliphatic heterocycles. The summed E-state index contributed by atoms with van der Waals surface area (Å²) in [6.07, 6.45) is 6.03. The van der Waals surface area contributed by atoms with Gasteiger partial charge >= 0.3 is 5.97 Å². The number of rotatable bonds is 4. The summed E-state index contributed by atoms with van der Waals surface area (Å²) in [5.74, 6) is 0.827. The van der Waals surface area contributed by atoms with E-state index in [0.717, 1.165) is 35.0 Å². The highest BCUT2D eigenvalue weighted by molar-refractivity contribution is 8.01. The van der Waals surface area contributed by atoms with Crippen LogP contribution in [0.3, 0.4) is 0 Å². The van der Waals surface area contributed by atoms with E-state index in [9.17, 15) is 4.79 Å². The molecule has 0 spiro atoms. The van der Waals surface area contributed by atoms with Crippen molar-refractivity contribution in [1.29, 1.82) is 0 Å². The van der Waals surface area contributed by atoms with Crippen molar-refractivity contribution in [2.75, 3.05) is 17.4 Å². The summed E-state index contributed by atoms with van der Waals surface area (Å²) < 4.78 is 6.41. The third kappa shape index (κ3) is 4.18. The normalized spacial score (nSPS) is 15.7. The molecule has 0 aliphatic carbocycles. The lowest BCUT2D eigenvalue weighted by Gasteiger charge is -2.29. The second kappa shape index (κ2) is 8.00. The molecule has 140 valence electrons. The molecule has 0 amide bonds. The molecule has 27 heavy (non-hydrogen) atoms. The monoisotopic (exact) mass is 418 g/mol. The molecule has 4 nitrogen and oxygen atoms in total. The molecule has 0 fully saturated rings. The van der Waals surface area contributed by atoms with Gasteiger partial charge in [0.25, 0.3) is 0 Å². The molecule has 0 saturated carbocycles. The van der Waals surface area contributed by atoms with E-state index in [1.54, 1.807) is 11.3 Å². The maximum Gasteiger partial charge on any atom is 0.302 e. The number of thiophene rings is 1. The Morgan fingerprint density at radius 3 is 2.93 bits per heavy atom. The number of halogens is 1. The molecule has 1 N–H and O–H groups in total. The zero-order valence-electron chi connectivity index (χ0n) is 14.8. The van der Waals surface area contributed by atoms with Crippen LogP contribution in [-0.2, 0) is 16.0 Å². The minimum Gasteiger partial charge on any atom is -0.465 e. The van der Waals surface area contributed by atoms with Crippen LogP contribution in [0.5, 0.6) is 0 Å². The van der Waals surface area contributed by atoms with Crippen LogP contribution in [-0.4, -0.2) is 18.3 Å². The summed E-state index contributed by atoms with van der Waals surface area (Å²) in [4.78, 5) is 12.2. The van der Waals surface area contributed by atoms with E-state index in [0.29, 0.717) is 6.61 Å². The molecule has 3 heterocycles. The number of hydrogen-bond acceptors (Lipinski definition) is 6. The van der Waals surface area contributed by atoms with Gasteiger partial charge in [-0.25, -0.2) is 0 Å². The number of carbonyl (C=O) groups excluding carboxylic acids is 1. The van der Waals surface area contributed by atoms with Gasteiger partial charge in [-0.1, -0.05) is 11.6 Å². The number of hydrogen-bond donors (Lipinski definition) is 1. The molecule has 1 aromatic heterocycles. The summed E-state index contributed by atoms with van der Waals surface area (Å²) >= 11 is 9.70. The molecule has 4 rings (SSSR count). The molecular weight excluding hydrogens is 400 g/mol. The van der Waals surface area contributed by atoms with Gasteiger partial charge in [-0.15, -0.1) is 23.1 Å². The number of benzene rings is 1. The lowest BCUT2D eigenvalue weighted by atomic mass is 10.1. The van der Waals surface area contributed by atoms with E-state index in [1.165, 1.54) is 27.1 Å². The van der Waals surface area contributed by atoms with Crippen molar-refractivity contribution in [3.05, 3.63) is 63.6 Å². The first-order valence-electron chi connectivity index (χ1n) is 8.72. The Bertz CT molecular complexity index is 919. The first-order valence-corrected chi connectivity index (χ1v) is 10.9. The van der Waals surface area contributed by atoms with Crippen LogP contribution >= 0.6 is 34.7 Å². The Kier molecular flexibility index (Phi) is 5.48. The standard InChI is InChI=1S/C20H19ClN2O2S2/c1-13(24)25-10-7-17-12-18-19-14(8-11-26-20(18)27-17)6-9-23(22-19)16-4-2-15(21)3-5-16/h2-6,9,12,22H,7-8,10-11H2,1H3. The Labute approximate surface area is 171 Å². The van der Waals surface area contributed by atoms with Gasteiger partial charge in [-0.05, 0) is 48.4 Å². The molecule has 2 aliphatic rings. The Balaban J connectivity index is 1.58. The number of carbonyl (C=O) groups is 1. The fourth-order valence-corrected chi connectivity index (χ4v) is 5.68. The second-order valence-corrected chi connectivity index (χ2v) is 9.21. The predicted octanol–water partition coefficient (Wildman–Crippen LogP) is 5.25. The maximum atomic E-state index is 11.0. The van der Waals surface area contributed by atoms with Crippen molar-refractivity contribution in [3.63, 3.8) is 0 Å². The van der Waals surface area contributed by atoms with E-state index in [2.05, 4.69) is 23.8 Å². The Morgan fingerprint density at radius 1 is 1.33 bits per heavy atom. The number of anilines is 1. The highest BCUT2D eigenvalue weighted by Crippen LogP contribution is 2.42. The van der Waals surface area contributed by atoms with Crippen LogP contribution in [0, 0.1) is 0 Å². The van der Waals surface area contributed by atoms with Crippen molar-refractivity contribution in [2.24, 2.45) is 0 Å². The fourth-order valence-electron chi connectivity index (χ4n) is 3.05. The second-order valence-electron chi connectivity index (χ2n) is 6.28. The van der Waals surface area contributed by atoms with Crippen molar-refractivity contribution in [3.8, 4) is 0 Å². The van der Waals surface area contributed by atoms with Gasteiger partial charge in [-0.3, -0.25) is 15.2 Å². The Morgan fingerprint density at radius 2 is 2.15 bits per heavy atom. The third-order valence-corrected chi connectivity index (χ3v) is 7.10. The minimum absolute atomic E-state index is 0.231. The number of nitrogens with one attached hydrogen (secondary N) is 1. The minimum atomic E-state index is -0.231. The molecule has 0 saturated heterocycles. The topological polar surface area (TPSA) is 41.6 Å². The number of thioether (sulfide) groups is 1. The molecule has 7 heteroatoms. The van der Waals surface area contributed by atoms with Crippen molar-refractivity contribution < 1.29 is 9.53 Å². The van der Waals surface area contributed by atoms with Crippen LogP contribution < -0.4 is 10.4 Å². The lowest BCUT2D eigenvalue weighted by molar-refractivity contribution is -0.140. The number of fused-ring (bicyclic) bond motifs is 2. The molecule has 0 bridgehead atoms. The zero-order chi connectivity index (χ0) is 18.8. The summed E-state index contributed by atoms with van der Waals surface area (Å²) in [7, 11) is 0. The van der Waals surface area contributed by atoms with E-state index in [-0.39, 0.29) is 5.97 Å². The number of allylic oxidation sites excluding steroid dienone is 2. The van der Waals surface area contributed by atoms with Gasteiger partial charge in [0.2, 0.25) is 0 Å². The van der Waals surface area contributed by atoms with Gasteiger partial charge in [-0.2, -0.15) is 0 Å². The highest BCUT2D eigenvalue weighted by Gasteiger charge is 2.23. The number of esters is 1. The number of hydrazine groups is 1. The zero-order valence-corrected chi connectivity index (χ0v) is 17.2. The SMILES string of the molecule is CC(=O)OCCc1cc2c(s1)SCCC1=C2NN(c2ccc(Cl)cc2)C=C1. The number of nitrogens with zero attached hydrogens (tertiary/aromatic N) is 1. The number of ether oxygens (including phenoxy) is 1. The first kappa shape index (κ1) is 18.5.